The number of aliphatic hydroxyl groups is 1. The molecule has 0 saturated carbocycles. The highest BCUT2D eigenvalue weighted by Crippen LogP contribution is 2.40. The zero-order valence-corrected chi connectivity index (χ0v) is 22.1. The molecular formula is C30H38N2O5. The summed E-state index contributed by atoms with van der Waals surface area (Å²) in [5.74, 6) is -0.166. The highest BCUT2D eigenvalue weighted by Gasteiger charge is 2.46. The van der Waals surface area contributed by atoms with Crippen LogP contribution in [0.15, 0.2) is 54.1 Å². The van der Waals surface area contributed by atoms with Gasteiger partial charge in [-0.2, -0.15) is 0 Å². The number of hydrogen-bond donors (Lipinski definition) is 1. The number of likely N-dealkylation sites (tertiary alicyclic amines) is 1. The largest absolute Gasteiger partial charge is 0.507 e. The molecule has 0 radical (unpaired) electrons. The first kappa shape index (κ1) is 26.9. The predicted molar refractivity (Wildman–Crippen MR) is 143 cm³/mol. The number of rotatable bonds is 10. The van der Waals surface area contributed by atoms with Crippen LogP contribution in [0.25, 0.3) is 5.76 Å². The minimum Gasteiger partial charge on any atom is -0.507 e. The lowest BCUT2D eigenvalue weighted by Gasteiger charge is -2.29. The topological polar surface area (TPSA) is 79.3 Å². The Labute approximate surface area is 219 Å². The molecule has 2 heterocycles. The quantitative estimate of drug-likeness (QED) is 0.289. The molecule has 7 nitrogen and oxygen atoms in total. The van der Waals surface area contributed by atoms with Crippen molar-refractivity contribution in [3.05, 3.63) is 70.8 Å². The van der Waals surface area contributed by atoms with Crippen LogP contribution >= 0.6 is 0 Å². The molecule has 0 bridgehead atoms. The number of ketones is 1. The van der Waals surface area contributed by atoms with E-state index < -0.39 is 17.7 Å². The summed E-state index contributed by atoms with van der Waals surface area (Å²) in [7, 11) is 0. The lowest BCUT2D eigenvalue weighted by Crippen LogP contribution is -2.38. The standard InChI is InChI=1S/C30H38N2O5/c1-21(2)12-17-37-25-7-4-6-24(20-25)27-26(28(33)23-10-8-22(3)9-11-23)29(34)30(35)32(27)14-5-13-31-15-18-36-19-16-31/h4,6-11,20-21,27,33H,5,12-19H2,1-3H3/b28-26+. The van der Waals surface area contributed by atoms with Crippen molar-refractivity contribution in [3.8, 4) is 5.75 Å². The number of carbonyl (C=O) groups excluding carboxylic acids is 2. The van der Waals surface area contributed by atoms with E-state index in [-0.39, 0.29) is 11.3 Å². The van der Waals surface area contributed by atoms with Crippen LogP contribution in [-0.2, 0) is 14.3 Å². The number of benzene rings is 2. The van der Waals surface area contributed by atoms with Crippen molar-refractivity contribution in [3.63, 3.8) is 0 Å². The van der Waals surface area contributed by atoms with Crippen LogP contribution in [0, 0.1) is 12.8 Å². The van der Waals surface area contributed by atoms with E-state index in [1.165, 1.54) is 0 Å². The fraction of sp³-hybridized carbons (Fsp3) is 0.467. The molecule has 4 rings (SSSR count). The molecule has 2 aromatic rings. The van der Waals surface area contributed by atoms with Crippen molar-refractivity contribution in [1.29, 1.82) is 0 Å². The van der Waals surface area contributed by atoms with Crippen molar-refractivity contribution in [2.45, 2.75) is 39.7 Å². The van der Waals surface area contributed by atoms with Gasteiger partial charge in [0.1, 0.15) is 11.5 Å². The molecule has 1 amide bonds. The molecule has 0 aromatic heterocycles. The zero-order valence-electron chi connectivity index (χ0n) is 22.1. The molecular weight excluding hydrogens is 468 g/mol. The van der Waals surface area contributed by atoms with Crippen molar-refractivity contribution >= 4 is 17.4 Å². The fourth-order valence-corrected chi connectivity index (χ4v) is 4.80. The van der Waals surface area contributed by atoms with Gasteiger partial charge in [-0.3, -0.25) is 14.5 Å². The summed E-state index contributed by atoms with van der Waals surface area (Å²) in [4.78, 5) is 30.5. The molecule has 2 fully saturated rings. The first-order valence-electron chi connectivity index (χ1n) is 13.2. The normalized spacial score (nSPS) is 20.1. The first-order valence-corrected chi connectivity index (χ1v) is 13.2. The zero-order chi connectivity index (χ0) is 26.4. The van der Waals surface area contributed by atoms with Gasteiger partial charge in [-0.05, 0) is 43.4 Å². The van der Waals surface area contributed by atoms with Crippen LogP contribution in [0.4, 0.5) is 0 Å². The maximum absolute atomic E-state index is 13.3. The van der Waals surface area contributed by atoms with Gasteiger partial charge in [-0.1, -0.05) is 55.8 Å². The van der Waals surface area contributed by atoms with Crippen LogP contribution in [0.5, 0.6) is 5.75 Å². The molecule has 2 aromatic carbocycles. The second-order valence-corrected chi connectivity index (χ2v) is 10.3. The van der Waals surface area contributed by atoms with Gasteiger partial charge in [0.25, 0.3) is 11.7 Å². The van der Waals surface area contributed by atoms with Gasteiger partial charge in [-0.25, -0.2) is 0 Å². The average molecular weight is 507 g/mol. The second-order valence-electron chi connectivity index (χ2n) is 10.3. The van der Waals surface area contributed by atoms with E-state index in [4.69, 9.17) is 9.47 Å². The van der Waals surface area contributed by atoms with E-state index in [0.29, 0.717) is 43.6 Å². The third kappa shape index (κ3) is 6.59. The minimum atomic E-state index is -0.681. The number of amides is 1. The smallest absolute Gasteiger partial charge is 0.295 e. The molecule has 198 valence electrons. The first-order chi connectivity index (χ1) is 17.8. The van der Waals surface area contributed by atoms with Crippen LogP contribution in [-0.4, -0.2) is 72.6 Å². The Morgan fingerprint density at radius 2 is 1.81 bits per heavy atom. The van der Waals surface area contributed by atoms with E-state index in [9.17, 15) is 14.7 Å². The third-order valence-corrected chi connectivity index (χ3v) is 6.98. The van der Waals surface area contributed by atoms with Gasteiger partial charge in [-0.15, -0.1) is 0 Å². The summed E-state index contributed by atoms with van der Waals surface area (Å²) in [6, 6.07) is 14.2. The van der Waals surface area contributed by atoms with E-state index in [1.54, 1.807) is 17.0 Å². The second kappa shape index (κ2) is 12.4. The molecule has 7 heteroatoms. The van der Waals surface area contributed by atoms with E-state index in [1.807, 2.05) is 43.3 Å². The molecule has 1 atom stereocenters. The van der Waals surface area contributed by atoms with Crippen LogP contribution in [0.3, 0.4) is 0 Å². The molecule has 2 aliphatic rings. The number of Topliss-reactive ketones (excluding diaryl/α,β-unsaturated/α-hetero) is 1. The number of aliphatic hydroxyl groups excluding tert-OH is 1. The fourth-order valence-electron chi connectivity index (χ4n) is 4.80. The van der Waals surface area contributed by atoms with Gasteiger partial charge in [0.2, 0.25) is 0 Å². The predicted octanol–water partition coefficient (Wildman–Crippen LogP) is 4.56. The molecule has 0 spiro atoms. The molecule has 2 saturated heterocycles. The summed E-state index contributed by atoms with van der Waals surface area (Å²) < 4.78 is 11.4. The molecule has 1 N–H and O–H groups in total. The summed E-state index contributed by atoms with van der Waals surface area (Å²) in [6.07, 6.45) is 1.65. The van der Waals surface area contributed by atoms with Gasteiger partial charge in [0.15, 0.2) is 0 Å². The monoisotopic (exact) mass is 506 g/mol. The van der Waals surface area contributed by atoms with Crippen LogP contribution in [0.1, 0.15) is 49.4 Å². The Bertz CT molecular complexity index is 1120. The number of hydrogen-bond acceptors (Lipinski definition) is 6. The van der Waals surface area contributed by atoms with Gasteiger partial charge in [0, 0.05) is 31.7 Å². The maximum atomic E-state index is 13.3. The van der Waals surface area contributed by atoms with Crippen molar-refractivity contribution in [1.82, 2.24) is 9.80 Å². The number of nitrogens with zero attached hydrogens (tertiary/aromatic N) is 2. The average Bonchev–Trinajstić information content (AvgIpc) is 3.14. The van der Waals surface area contributed by atoms with Crippen LogP contribution in [0.2, 0.25) is 0 Å². The van der Waals surface area contributed by atoms with E-state index in [0.717, 1.165) is 43.6 Å². The lowest BCUT2D eigenvalue weighted by molar-refractivity contribution is -0.140. The molecule has 37 heavy (non-hydrogen) atoms. The SMILES string of the molecule is Cc1ccc(/C(O)=C2\C(=O)C(=O)N(CCCN3CCOCC3)C2c2cccc(OCCC(C)C)c2)cc1. The summed E-state index contributed by atoms with van der Waals surface area (Å²) in [5, 5.41) is 11.3. The molecule has 1 unspecified atom stereocenters. The van der Waals surface area contributed by atoms with Gasteiger partial charge >= 0.3 is 0 Å². The minimum absolute atomic E-state index is 0.125. The molecule has 0 aliphatic carbocycles. The number of morpholine rings is 1. The number of ether oxygens (including phenoxy) is 2. The van der Waals surface area contributed by atoms with Gasteiger partial charge < -0.3 is 19.5 Å². The van der Waals surface area contributed by atoms with Crippen molar-refractivity contribution in [2.24, 2.45) is 5.92 Å². The lowest BCUT2D eigenvalue weighted by atomic mass is 9.95. The van der Waals surface area contributed by atoms with Crippen molar-refractivity contribution in [2.75, 3.05) is 46.0 Å². The number of carbonyl (C=O) groups is 2. The summed E-state index contributed by atoms with van der Waals surface area (Å²) >= 11 is 0. The van der Waals surface area contributed by atoms with E-state index >= 15 is 0 Å². The Balaban J connectivity index is 1.65. The Kier molecular flexibility index (Phi) is 9.00. The highest BCUT2D eigenvalue weighted by atomic mass is 16.5. The summed E-state index contributed by atoms with van der Waals surface area (Å²) in [6.45, 7) is 11.2. The molecule has 2 aliphatic heterocycles. The number of aryl methyl sites for hydroxylation is 1. The highest BCUT2D eigenvalue weighted by molar-refractivity contribution is 6.46. The van der Waals surface area contributed by atoms with E-state index in [2.05, 4.69) is 18.7 Å². The Morgan fingerprint density at radius 3 is 2.51 bits per heavy atom. The van der Waals surface area contributed by atoms with Crippen molar-refractivity contribution < 1.29 is 24.2 Å². The Morgan fingerprint density at radius 1 is 1.08 bits per heavy atom. The third-order valence-electron chi connectivity index (χ3n) is 6.98. The summed E-state index contributed by atoms with van der Waals surface area (Å²) in [5.41, 5.74) is 2.44. The van der Waals surface area contributed by atoms with Gasteiger partial charge in [0.05, 0.1) is 31.4 Å². The Hall–Kier alpha value is -3.16. The maximum Gasteiger partial charge on any atom is 0.295 e. The van der Waals surface area contributed by atoms with Crippen LogP contribution < -0.4 is 4.74 Å².